The number of aryl methyl sites for hydroxylation is 1. The number of anilines is 1. The quantitative estimate of drug-likeness (QED) is 0.321. The van der Waals surface area contributed by atoms with Gasteiger partial charge in [0.15, 0.2) is 0 Å². The Bertz CT molecular complexity index is 1440. The number of hydrogen-bond acceptors (Lipinski definition) is 3. The molecule has 4 aromatic rings. The minimum atomic E-state index is -0.377. The summed E-state index contributed by atoms with van der Waals surface area (Å²) < 4.78 is 6.10. The number of imide groups is 1. The molecule has 3 aliphatic carbocycles. The van der Waals surface area contributed by atoms with Crippen molar-refractivity contribution in [2.45, 2.75) is 25.7 Å². The minimum Gasteiger partial charge on any atom is -0.457 e. The summed E-state index contributed by atoms with van der Waals surface area (Å²) in [5, 5.41) is 0. The summed E-state index contributed by atoms with van der Waals surface area (Å²) in [6.07, 6.45) is 0. The molecule has 2 unspecified atom stereocenters. The Hall–Kier alpha value is -4.18. The number of rotatable bonds is 3. The van der Waals surface area contributed by atoms with Gasteiger partial charge in [-0.05, 0) is 77.6 Å². The average molecular weight is 472 g/mol. The maximum atomic E-state index is 13.9. The number of carbonyl (C=O) groups is 2. The van der Waals surface area contributed by atoms with Gasteiger partial charge in [0.05, 0.1) is 17.5 Å². The summed E-state index contributed by atoms with van der Waals surface area (Å²) in [5.41, 5.74) is 7.58. The molecule has 176 valence electrons. The molecule has 2 amide bonds. The van der Waals surface area contributed by atoms with Gasteiger partial charge in [-0.25, -0.2) is 4.90 Å². The van der Waals surface area contributed by atoms with E-state index in [4.69, 9.17) is 4.74 Å². The topological polar surface area (TPSA) is 46.6 Å². The third-order valence-electron chi connectivity index (χ3n) is 8.33. The van der Waals surface area contributed by atoms with Crippen LogP contribution in [-0.2, 0) is 9.59 Å². The van der Waals surface area contributed by atoms with Crippen molar-refractivity contribution < 1.29 is 14.3 Å². The summed E-state index contributed by atoms with van der Waals surface area (Å²) in [7, 11) is 0. The van der Waals surface area contributed by atoms with Crippen molar-refractivity contribution >= 4 is 17.5 Å². The smallest absolute Gasteiger partial charge is 0.238 e. The fourth-order valence-electron chi connectivity index (χ4n) is 6.56. The van der Waals surface area contributed by atoms with Gasteiger partial charge in [-0.15, -0.1) is 0 Å². The summed E-state index contributed by atoms with van der Waals surface area (Å²) in [6, 6.07) is 29.9. The molecule has 0 spiro atoms. The van der Waals surface area contributed by atoms with Crippen molar-refractivity contribution in [3.8, 4) is 11.5 Å². The van der Waals surface area contributed by atoms with Crippen LogP contribution < -0.4 is 9.64 Å². The van der Waals surface area contributed by atoms with E-state index in [0.717, 1.165) is 16.9 Å². The van der Waals surface area contributed by atoms with Gasteiger partial charge in [0.25, 0.3) is 0 Å². The van der Waals surface area contributed by atoms with Gasteiger partial charge in [0.1, 0.15) is 11.5 Å². The summed E-state index contributed by atoms with van der Waals surface area (Å²) >= 11 is 0. The Balaban J connectivity index is 1.25. The van der Waals surface area contributed by atoms with E-state index >= 15 is 0 Å². The highest BCUT2D eigenvalue weighted by Gasteiger charge is 2.61. The highest BCUT2D eigenvalue weighted by Crippen LogP contribution is 2.61. The van der Waals surface area contributed by atoms with Crippen molar-refractivity contribution in [2.24, 2.45) is 11.8 Å². The molecule has 4 aliphatic rings. The Labute approximate surface area is 210 Å². The van der Waals surface area contributed by atoms with Crippen LogP contribution in [0.2, 0.25) is 0 Å². The molecule has 1 heterocycles. The zero-order valence-corrected chi connectivity index (χ0v) is 20.1. The lowest BCUT2D eigenvalue weighted by Gasteiger charge is -2.45. The van der Waals surface area contributed by atoms with Crippen LogP contribution in [-0.4, -0.2) is 11.8 Å². The molecular formula is C32H25NO3. The predicted octanol–water partition coefficient (Wildman–Crippen LogP) is 6.49. The fraction of sp³-hybridized carbons (Fsp3) is 0.188. The lowest BCUT2D eigenvalue weighted by Crippen LogP contribution is -2.41. The van der Waals surface area contributed by atoms with Crippen LogP contribution in [0.15, 0.2) is 91.0 Å². The monoisotopic (exact) mass is 471 g/mol. The van der Waals surface area contributed by atoms with Gasteiger partial charge in [-0.3, -0.25) is 9.59 Å². The second-order valence-corrected chi connectivity index (χ2v) is 10.1. The van der Waals surface area contributed by atoms with E-state index < -0.39 is 0 Å². The van der Waals surface area contributed by atoms with Gasteiger partial charge in [0, 0.05) is 11.8 Å². The summed E-state index contributed by atoms with van der Waals surface area (Å²) in [4.78, 5) is 29.2. The zero-order chi connectivity index (χ0) is 24.6. The summed E-state index contributed by atoms with van der Waals surface area (Å²) in [5.74, 6) is 0.315. The standard InChI is InChI=1S/C32H25NO3/c1-18-8-7-13-26(19(18)2)36-21-16-14-20(15-17-21)33-31(34)29-27-22-9-3-4-10-23(22)28(30(29)32(33)35)25-12-6-5-11-24(25)27/h3-17,27-30H,1-2H3. The first kappa shape index (κ1) is 21.1. The van der Waals surface area contributed by atoms with E-state index in [1.165, 1.54) is 27.2 Å². The molecular weight excluding hydrogens is 446 g/mol. The van der Waals surface area contributed by atoms with Gasteiger partial charge < -0.3 is 4.74 Å². The number of benzene rings is 4. The van der Waals surface area contributed by atoms with Crippen molar-refractivity contribution in [3.63, 3.8) is 0 Å². The zero-order valence-electron chi connectivity index (χ0n) is 20.1. The first-order valence-corrected chi connectivity index (χ1v) is 12.4. The van der Waals surface area contributed by atoms with Crippen LogP contribution in [0.1, 0.15) is 45.2 Å². The van der Waals surface area contributed by atoms with E-state index in [9.17, 15) is 9.59 Å². The highest BCUT2D eigenvalue weighted by molar-refractivity contribution is 6.23. The number of ether oxygens (including phenoxy) is 1. The normalized spacial score (nSPS) is 23.3. The molecule has 0 radical (unpaired) electrons. The number of hydrogen-bond donors (Lipinski definition) is 0. The third kappa shape index (κ3) is 2.81. The average Bonchev–Trinajstić information content (AvgIpc) is 3.17. The molecule has 1 fully saturated rings. The molecule has 8 rings (SSSR count). The molecule has 4 aromatic carbocycles. The first-order chi connectivity index (χ1) is 17.5. The molecule has 0 saturated carbocycles. The number of amides is 2. The highest BCUT2D eigenvalue weighted by atomic mass is 16.5. The minimum absolute atomic E-state index is 0.0965. The van der Waals surface area contributed by atoms with Gasteiger partial charge >= 0.3 is 0 Å². The Morgan fingerprint density at radius 3 is 1.61 bits per heavy atom. The maximum absolute atomic E-state index is 13.9. The number of nitrogens with zero attached hydrogens (tertiary/aromatic N) is 1. The van der Waals surface area contributed by atoms with E-state index in [1.54, 1.807) is 0 Å². The van der Waals surface area contributed by atoms with Crippen molar-refractivity contribution in [1.82, 2.24) is 0 Å². The Morgan fingerprint density at radius 2 is 1.11 bits per heavy atom. The second kappa shape index (κ2) is 7.66. The Morgan fingerprint density at radius 1 is 0.611 bits per heavy atom. The second-order valence-electron chi connectivity index (χ2n) is 10.1. The van der Waals surface area contributed by atoms with Crippen LogP contribution in [0, 0.1) is 25.7 Å². The van der Waals surface area contributed by atoms with Crippen LogP contribution in [0.4, 0.5) is 5.69 Å². The van der Waals surface area contributed by atoms with E-state index in [0.29, 0.717) is 11.4 Å². The van der Waals surface area contributed by atoms with E-state index in [-0.39, 0.29) is 35.5 Å². The van der Waals surface area contributed by atoms with Gasteiger partial charge in [-0.1, -0.05) is 60.7 Å². The molecule has 2 atom stereocenters. The van der Waals surface area contributed by atoms with E-state index in [2.05, 4.69) is 37.3 Å². The fourth-order valence-corrected chi connectivity index (χ4v) is 6.56. The lowest BCUT2D eigenvalue weighted by molar-refractivity contribution is -0.122. The molecule has 4 nitrogen and oxygen atoms in total. The SMILES string of the molecule is Cc1cccc(Oc2ccc(N3C(=O)C4C5c6ccccc6C(c6ccccc65)C4C3=O)cc2)c1C. The van der Waals surface area contributed by atoms with Gasteiger partial charge in [-0.2, -0.15) is 0 Å². The summed E-state index contributed by atoms with van der Waals surface area (Å²) in [6.45, 7) is 4.09. The first-order valence-electron chi connectivity index (χ1n) is 12.4. The lowest BCUT2D eigenvalue weighted by atomic mass is 9.55. The Kier molecular flexibility index (Phi) is 4.50. The molecule has 4 heteroatoms. The number of carbonyl (C=O) groups excluding carboxylic acids is 2. The van der Waals surface area contributed by atoms with Crippen molar-refractivity contribution in [3.05, 3.63) is 124 Å². The molecule has 2 bridgehead atoms. The maximum Gasteiger partial charge on any atom is 0.238 e. The van der Waals surface area contributed by atoms with Crippen LogP contribution in [0.25, 0.3) is 0 Å². The third-order valence-corrected chi connectivity index (χ3v) is 8.33. The van der Waals surface area contributed by atoms with Crippen LogP contribution >= 0.6 is 0 Å². The molecule has 1 aliphatic heterocycles. The van der Waals surface area contributed by atoms with E-state index in [1.807, 2.05) is 67.6 Å². The molecule has 0 aromatic heterocycles. The van der Waals surface area contributed by atoms with Crippen LogP contribution in [0.3, 0.4) is 0 Å². The van der Waals surface area contributed by atoms with Gasteiger partial charge in [0.2, 0.25) is 11.8 Å². The molecule has 0 N–H and O–H groups in total. The molecule has 1 saturated heterocycles. The van der Waals surface area contributed by atoms with Crippen molar-refractivity contribution in [2.75, 3.05) is 4.90 Å². The van der Waals surface area contributed by atoms with Crippen molar-refractivity contribution in [1.29, 1.82) is 0 Å². The molecule has 36 heavy (non-hydrogen) atoms. The van der Waals surface area contributed by atoms with Crippen LogP contribution in [0.5, 0.6) is 11.5 Å². The largest absolute Gasteiger partial charge is 0.457 e. The predicted molar refractivity (Wildman–Crippen MR) is 138 cm³/mol.